The molecule has 0 spiro atoms. The number of nitrogens with zero attached hydrogens (tertiary/aromatic N) is 2. The number of hydrogen-bond acceptors (Lipinski definition) is 6. The predicted octanol–water partition coefficient (Wildman–Crippen LogP) is 5.48. The Morgan fingerprint density at radius 1 is 0.714 bits per heavy atom. The molecule has 0 aromatic heterocycles. The smallest absolute Gasteiger partial charge is 0.258 e. The van der Waals surface area contributed by atoms with Gasteiger partial charge < -0.3 is 0 Å². The van der Waals surface area contributed by atoms with Crippen LogP contribution in [0.4, 0.5) is 11.4 Å². The summed E-state index contributed by atoms with van der Waals surface area (Å²) in [6.07, 6.45) is 12.0. The highest BCUT2D eigenvalue weighted by Gasteiger charge is 2.53. The monoisotopic (exact) mass is 532 g/mol. The van der Waals surface area contributed by atoms with E-state index in [1.165, 1.54) is 85.0 Å². The van der Waals surface area contributed by atoms with Gasteiger partial charge >= 0.3 is 0 Å². The largest absolute Gasteiger partial charge is 0.269 e. The molecule has 8 nitrogen and oxygen atoms in total. The molecule has 4 unspecified atom stereocenters. The quantitative estimate of drug-likeness (QED) is 0.276. The number of nitro benzene ring substituents is 2. The Labute approximate surface area is 211 Å². The van der Waals surface area contributed by atoms with Crippen LogP contribution >= 0.6 is 23.2 Å². The van der Waals surface area contributed by atoms with Gasteiger partial charge in [-0.1, -0.05) is 72.9 Å². The van der Waals surface area contributed by atoms with E-state index in [0.29, 0.717) is 0 Å². The van der Waals surface area contributed by atoms with Crippen molar-refractivity contribution in [3.63, 3.8) is 0 Å². The van der Waals surface area contributed by atoms with Crippen LogP contribution in [0.25, 0.3) is 0 Å². The van der Waals surface area contributed by atoms with Crippen molar-refractivity contribution in [1.29, 1.82) is 0 Å². The Bertz CT molecular complexity index is 1330. The first-order valence-corrected chi connectivity index (χ1v) is 12.7. The molecule has 4 rings (SSSR count). The fraction of sp³-hybridized carbons (Fsp3) is 0.167. The lowest BCUT2D eigenvalue weighted by Gasteiger charge is -2.39. The number of rotatable bonds is 6. The Balaban J connectivity index is 1.84. The highest BCUT2D eigenvalue weighted by molar-refractivity contribution is 7.93. The first-order chi connectivity index (χ1) is 16.5. The second-order valence-electron chi connectivity index (χ2n) is 8.07. The summed E-state index contributed by atoms with van der Waals surface area (Å²) in [4.78, 5) is 18.1. The van der Waals surface area contributed by atoms with E-state index < -0.39 is 39.9 Å². The van der Waals surface area contributed by atoms with Crippen molar-refractivity contribution in [2.75, 3.05) is 0 Å². The van der Waals surface area contributed by atoms with Crippen LogP contribution in [0.15, 0.2) is 97.1 Å². The summed E-state index contributed by atoms with van der Waals surface area (Å²) in [5.41, 5.74) is -0.00222. The van der Waals surface area contributed by atoms with E-state index in [-0.39, 0.29) is 22.5 Å². The van der Waals surface area contributed by atoms with Gasteiger partial charge in [-0.2, -0.15) is 0 Å². The fourth-order valence-corrected chi connectivity index (χ4v) is 7.87. The molecule has 35 heavy (non-hydrogen) atoms. The summed E-state index contributed by atoms with van der Waals surface area (Å²) >= 11 is 13.9. The summed E-state index contributed by atoms with van der Waals surface area (Å²) in [5.74, 6) is 0. The first-order valence-electron chi connectivity index (χ1n) is 10.3. The summed E-state index contributed by atoms with van der Waals surface area (Å²) in [6, 6.07) is 11.0. The molecule has 0 saturated heterocycles. The number of alkyl halides is 2. The van der Waals surface area contributed by atoms with Crippen molar-refractivity contribution < 1.29 is 18.3 Å². The normalized spacial score (nSPS) is 27.6. The third-order valence-corrected chi connectivity index (χ3v) is 9.90. The summed E-state index contributed by atoms with van der Waals surface area (Å²) in [6.45, 7) is 0. The molecule has 0 amide bonds. The van der Waals surface area contributed by atoms with Crippen LogP contribution in [-0.4, -0.2) is 28.8 Å². The van der Waals surface area contributed by atoms with Gasteiger partial charge in [-0.25, -0.2) is 8.42 Å². The number of benzene rings is 2. The fourth-order valence-electron chi connectivity index (χ4n) is 4.28. The number of non-ortho nitro benzene ring substituents is 2. The van der Waals surface area contributed by atoms with E-state index in [1.54, 1.807) is 12.2 Å². The minimum atomic E-state index is -4.24. The van der Waals surface area contributed by atoms with Crippen LogP contribution in [0.5, 0.6) is 0 Å². The lowest BCUT2D eigenvalue weighted by Crippen LogP contribution is -2.48. The van der Waals surface area contributed by atoms with Crippen LogP contribution in [0.1, 0.15) is 11.1 Å². The average molecular weight is 533 g/mol. The van der Waals surface area contributed by atoms with Crippen molar-refractivity contribution >= 4 is 44.4 Å². The predicted molar refractivity (Wildman–Crippen MR) is 134 cm³/mol. The van der Waals surface area contributed by atoms with Crippen molar-refractivity contribution in [2.24, 2.45) is 0 Å². The molecule has 0 saturated carbocycles. The molecule has 2 aliphatic carbocycles. The van der Waals surface area contributed by atoms with E-state index >= 15 is 0 Å². The average Bonchev–Trinajstić information content (AvgIpc) is 2.84. The molecule has 0 N–H and O–H groups in total. The Morgan fingerprint density at radius 3 is 1.49 bits per heavy atom. The van der Waals surface area contributed by atoms with Gasteiger partial charge in [-0.05, 0) is 11.1 Å². The summed E-state index contributed by atoms with van der Waals surface area (Å²) < 4.78 is 28.3. The Kier molecular flexibility index (Phi) is 6.44. The molecule has 2 aromatic rings. The lowest BCUT2D eigenvalue weighted by atomic mass is 9.90. The second-order valence-corrected chi connectivity index (χ2v) is 11.5. The van der Waals surface area contributed by atoms with Crippen LogP contribution < -0.4 is 0 Å². The first kappa shape index (κ1) is 24.8. The van der Waals surface area contributed by atoms with Crippen LogP contribution in [0.2, 0.25) is 0 Å². The number of sulfone groups is 1. The maximum absolute atomic E-state index is 14.1. The molecule has 180 valence electrons. The van der Waals surface area contributed by atoms with E-state index in [2.05, 4.69) is 0 Å². The SMILES string of the molecule is O=[N+]([O-])c1cccc(C2(Cl)C=CC=CC2S(=O)(=O)C2C=CC=CC2(Cl)c2cccc([N+](=O)[O-])c2)c1. The van der Waals surface area contributed by atoms with Gasteiger partial charge in [-0.3, -0.25) is 20.2 Å². The molecular weight excluding hydrogens is 515 g/mol. The molecule has 2 aliphatic rings. The highest BCUT2D eigenvalue weighted by Crippen LogP contribution is 2.48. The molecule has 0 heterocycles. The number of allylic oxidation sites excluding steroid dienone is 6. The zero-order valence-corrected chi connectivity index (χ0v) is 20.2. The van der Waals surface area contributed by atoms with E-state index in [0.717, 1.165) is 0 Å². The highest BCUT2D eigenvalue weighted by atomic mass is 35.5. The van der Waals surface area contributed by atoms with E-state index in [1.807, 2.05) is 0 Å². The standard InChI is InChI=1S/C24H18Cl2N2O6S/c25-23(17-7-5-9-19(15-17)27(29)30)13-3-1-11-21(23)35(33,34)22-12-2-4-14-24(22,26)18-8-6-10-20(16-18)28(31)32/h1-16,21-22H. The summed E-state index contributed by atoms with van der Waals surface area (Å²) in [7, 11) is -4.24. The zero-order valence-electron chi connectivity index (χ0n) is 17.9. The van der Waals surface area contributed by atoms with Gasteiger partial charge in [0.1, 0.15) is 20.2 Å². The third kappa shape index (κ3) is 4.31. The number of halogens is 2. The van der Waals surface area contributed by atoms with Gasteiger partial charge in [0.25, 0.3) is 11.4 Å². The topological polar surface area (TPSA) is 120 Å². The van der Waals surface area contributed by atoms with Crippen molar-refractivity contribution in [2.45, 2.75) is 20.2 Å². The van der Waals surface area contributed by atoms with Gasteiger partial charge in [0.15, 0.2) is 9.84 Å². The van der Waals surface area contributed by atoms with Gasteiger partial charge in [0.2, 0.25) is 0 Å². The minimum absolute atomic E-state index is 0.230. The molecule has 0 fully saturated rings. The van der Waals surface area contributed by atoms with Crippen LogP contribution in [-0.2, 0) is 19.6 Å². The third-order valence-electron chi connectivity index (χ3n) is 6.01. The van der Waals surface area contributed by atoms with Crippen molar-refractivity contribution in [3.8, 4) is 0 Å². The molecule has 0 aliphatic heterocycles. The van der Waals surface area contributed by atoms with Gasteiger partial charge in [0, 0.05) is 24.3 Å². The maximum atomic E-state index is 14.1. The molecule has 4 atom stereocenters. The van der Waals surface area contributed by atoms with E-state index in [9.17, 15) is 28.6 Å². The van der Waals surface area contributed by atoms with Crippen LogP contribution in [0.3, 0.4) is 0 Å². The lowest BCUT2D eigenvalue weighted by molar-refractivity contribution is -0.385. The van der Waals surface area contributed by atoms with Gasteiger partial charge in [-0.15, -0.1) is 23.2 Å². The van der Waals surface area contributed by atoms with Gasteiger partial charge in [0.05, 0.1) is 9.85 Å². The zero-order chi connectivity index (χ0) is 25.4. The Morgan fingerprint density at radius 2 is 1.11 bits per heavy atom. The summed E-state index contributed by atoms with van der Waals surface area (Å²) in [5, 5.41) is 19.9. The molecule has 0 bridgehead atoms. The Hall–Kier alpha value is -3.27. The molecule has 0 radical (unpaired) electrons. The molecular formula is C24H18Cl2N2O6S. The van der Waals surface area contributed by atoms with Crippen molar-refractivity contribution in [3.05, 3.63) is 128 Å². The van der Waals surface area contributed by atoms with Crippen molar-refractivity contribution in [1.82, 2.24) is 0 Å². The number of nitro groups is 2. The second kappa shape index (κ2) is 9.07. The van der Waals surface area contributed by atoms with E-state index in [4.69, 9.17) is 23.2 Å². The molecule has 11 heteroatoms. The maximum Gasteiger partial charge on any atom is 0.269 e. The number of hydrogen-bond donors (Lipinski definition) is 0. The molecule has 2 aromatic carbocycles. The van der Waals surface area contributed by atoms with Crippen LogP contribution in [0, 0.1) is 20.2 Å². The minimum Gasteiger partial charge on any atom is -0.258 e.